The maximum Gasteiger partial charge on any atom is 0.213 e. The normalized spacial score (nSPS) is 17.8. The summed E-state index contributed by atoms with van der Waals surface area (Å²) in [5.74, 6) is 2.35. The van der Waals surface area contributed by atoms with Crippen LogP contribution >= 0.6 is 0 Å². The van der Waals surface area contributed by atoms with Gasteiger partial charge in [0.25, 0.3) is 0 Å². The molecule has 1 fully saturated rings. The number of anilines is 1. The summed E-state index contributed by atoms with van der Waals surface area (Å²) in [4.78, 5) is 11.2. The van der Waals surface area contributed by atoms with Crippen LogP contribution in [0.3, 0.4) is 0 Å². The van der Waals surface area contributed by atoms with Gasteiger partial charge in [0.1, 0.15) is 30.3 Å². The summed E-state index contributed by atoms with van der Waals surface area (Å²) < 4.78 is 13.6. The number of pyridine rings is 3. The van der Waals surface area contributed by atoms with E-state index in [1.807, 2.05) is 36.4 Å². The molecule has 36 heavy (non-hydrogen) atoms. The molecule has 1 aliphatic heterocycles. The predicted molar refractivity (Wildman–Crippen MR) is 135 cm³/mol. The first kappa shape index (κ1) is 23.6. The smallest absolute Gasteiger partial charge is 0.213 e. The van der Waals surface area contributed by atoms with Gasteiger partial charge in [-0.25, -0.2) is 14.5 Å². The molecule has 0 aliphatic carbocycles. The SMILES string of the molecule is C[C@H]1CN(c2ccc(-c3cc(OCC(C)(C)O)cn4ncc(C#N)c34)cn2)C[C@@H]1Oc1ccccn1. The van der Waals surface area contributed by atoms with Crippen molar-refractivity contribution in [1.29, 1.82) is 5.26 Å². The van der Waals surface area contributed by atoms with Gasteiger partial charge in [0.15, 0.2) is 0 Å². The number of hydrogen-bond acceptors (Lipinski definition) is 8. The summed E-state index contributed by atoms with van der Waals surface area (Å²) >= 11 is 0. The van der Waals surface area contributed by atoms with Crippen LogP contribution in [-0.4, -0.2) is 56.1 Å². The first-order valence-corrected chi connectivity index (χ1v) is 11.9. The molecule has 0 amide bonds. The van der Waals surface area contributed by atoms with Gasteiger partial charge in [-0.2, -0.15) is 10.4 Å². The first-order valence-electron chi connectivity index (χ1n) is 11.9. The van der Waals surface area contributed by atoms with Gasteiger partial charge in [0, 0.05) is 42.0 Å². The largest absolute Gasteiger partial charge is 0.489 e. The molecule has 5 heterocycles. The van der Waals surface area contributed by atoms with Crippen molar-refractivity contribution in [2.75, 3.05) is 24.6 Å². The molecule has 9 heteroatoms. The highest BCUT2D eigenvalue weighted by Crippen LogP contribution is 2.32. The van der Waals surface area contributed by atoms with E-state index in [4.69, 9.17) is 14.5 Å². The molecule has 1 aliphatic rings. The van der Waals surface area contributed by atoms with Gasteiger partial charge in [-0.15, -0.1) is 0 Å². The Kier molecular flexibility index (Phi) is 6.20. The Labute approximate surface area is 209 Å². The van der Waals surface area contributed by atoms with Crippen LogP contribution in [0.2, 0.25) is 0 Å². The van der Waals surface area contributed by atoms with Crippen LogP contribution in [0.1, 0.15) is 26.3 Å². The van der Waals surface area contributed by atoms with Crippen molar-refractivity contribution in [1.82, 2.24) is 19.6 Å². The lowest BCUT2D eigenvalue weighted by Crippen LogP contribution is -2.27. The highest BCUT2D eigenvalue weighted by Gasteiger charge is 2.32. The van der Waals surface area contributed by atoms with Crippen molar-refractivity contribution in [3.8, 4) is 28.8 Å². The van der Waals surface area contributed by atoms with E-state index in [2.05, 4.69) is 28.0 Å². The van der Waals surface area contributed by atoms with Crippen molar-refractivity contribution in [2.24, 2.45) is 5.92 Å². The number of ether oxygens (including phenoxy) is 2. The molecule has 0 aromatic carbocycles. The van der Waals surface area contributed by atoms with Gasteiger partial charge >= 0.3 is 0 Å². The number of aromatic nitrogens is 4. The Balaban J connectivity index is 1.40. The highest BCUT2D eigenvalue weighted by molar-refractivity contribution is 5.85. The van der Waals surface area contributed by atoms with Crippen LogP contribution in [0.4, 0.5) is 5.82 Å². The van der Waals surface area contributed by atoms with Crippen LogP contribution in [0.25, 0.3) is 16.6 Å². The molecule has 9 nitrogen and oxygen atoms in total. The quantitative estimate of drug-likeness (QED) is 0.423. The summed E-state index contributed by atoms with van der Waals surface area (Å²) in [6, 6.07) is 13.7. The number of hydrogen-bond donors (Lipinski definition) is 1. The second kappa shape index (κ2) is 9.47. The second-order valence-corrected chi connectivity index (χ2v) is 9.77. The molecule has 4 aromatic heterocycles. The number of fused-ring (bicyclic) bond motifs is 1. The van der Waals surface area contributed by atoms with E-state index in [0.717, 1.165) is 30.0 Å². The monoisotopic (exact) mass is 484 g/mol. The molecule has 4 aromatic rings. The van der Waals surface area contributed by atoms with Crippen LogP contribution < -0.4 is 14.4 Å². The average molecular weight is 485 g/mol. The lowest BCUT2D eigenvalue weighted by Gasteiger charge is -2.19. The summed E-state index contributed by atoms with van der Waals surface area (Å²) in [5, 5.41) is 24.0. The zero-order valence-electron chi connectivity index (χ0n) is 20.5. The van der Waals surface area contributed by atoms with Gasteiger partial charge < -0.3 is 19.5 Å². The molecule has 0 bridgehead atoms. The number of nitrogens with zero attached hydrogens (tertiary/aromatic N) is 6. The van der Waals surface area contributed by atoms with E-state index < -0.39 is 5.60 Å². The van der Waals surface area contributed by atoms with E-state index in [-0.39, 0.29) is 12.7 Å². The Morgan fingerprint density at radius 3 is 2.72 bits per heavy atom. The molecular weight excluding hydrogens is 456 g/mol. The van der Waals surface area contributed by atoms with Crippen molar-refractivity contribution in [3.63, 3.8) is 0 Å². The van der Waals surface area contributed by atoms with E-state index in [1.165, 1.54) is 6.20 Å². The summed E-state index contributed by atoms with van der Waals surface area (Å²) in [5.41, 5.74) is 1.78. The third kappa shape index (κ3) is 4.95. The maximum absolute atomic E-state index is 10.1. The fourth-order valence-electron chi connectivity index (χ4n) is 4.32. The lowest BCUT2D eigenvalue weighted by molar-refractivity contribution is 0.0283. The Hall–Kier alpha value is -4.16. The van der Waals surface area contributed by atoms with Crippen molar-refractivity contribution >= 4 is 11.3 Å². The number of aliphatic hydroxyl groups is 1. The van der Waals surface area contributed by atoms with Crippen LogP contribution in [0.15, 0.2) is 61.2 Å². The molecule has 0 spiro atoms. The number of nitriles is 1. The second-order valence-electron chi connectivity index (χ2n) is 9.77. The van der Waals surface area contributed by atoms with Gasteiger partial charge in [0.2, 0.25) is 5.88 Å². The van der Waals surface area contributed by atoms with Gasteiger partial charge in [0.05, 0.1) is 35.6 Å². The summed E-state index contributed by atoms with van der Waals surface area (Å²) in [7, 11) is 0. The van der Waals surface area contributed by atoms with Crippen LogP contribution in [-0.2, 0) is 0 Å². The lowest BCUT2D eigenvalue weighted by atomic mass is 10.1. The van der Waals surface area contributed by atoms with E-state index in [9.17, 15) is 10.4 Å². The Morgan fingerprint density at radius 1 is 1.17 bits per heavy atom. The average Bonchev–Trinajstić information content (AvgIpc) is 3.45. The molecule has 2 atom stereocenters. The zero-order chi connectivity index (χ0) is 25.3. The number of rotatable bonds is 7. The van der Waals surface area contributed by atoms with Crippen molar-refractivity contribution < 1.29 is 14.6 Å². The maximum atomic E-state index is 10.1. The molecule has 5 rings (SSSR count). The van der Waals surface area contributed by atoms with Crippen molar-refractivity contribution in [2.45, 2.75) is 32.5 Å². The molecular formula is C27H28N6O3. The standard InChI is InChI=1S/C27H28N6O3/c1-18-14-32(16-23(18)36-25-6-4-5-9-29-25)24-8-7-19(12-30-24)22-10-21(35-17-27(2,3)34)15-33-26(22)20(11-28)13-31-33/h4-10,12-13,15,18,23,34H,14,16-17H2,1-3H3/t18-,23-/m0/s1. The molecule has 1 saturated heterocycles. The van der Waals surface area contributed by atoms with Crippen LogP contribution in [0, 0.1) is 17.2 Å². The minimum atomic E-state index is -0.981. The third-order valence-electron chi connectivity index (χ3n) is 6.14. The van der Waals surface area contributed by atoms with Crippen LogP contribution in [0.5, 0.6) is 11.6 Å². The Morgan fingerprint density at radius 2 is 2.03 bits per heavy atom. The highest BCUT2D eigenvalue weighted by atomic mass is 16.5. The zero-order valence-corrected chi connectivity index (χ0v) is 20.5. The fraction of sp³-hybridized carbons (Fsp3) is 0.333. The summed E-state index contributed by atoms with van der Waals surface area (Å²) in [6.07, 6.45) is 6.80. The molecule has 0 radical (unpaired) electrons. The Bertz CT molecular complexity index is 1390. The first-order chi connectivity index (χ1) is 17.3. The molecule has 0 saturated carbocycles. The van der Waals surface area contributed by atoms with Crippen molar-refractivity contribution in [3.05, 3.63) is 66.7 Å². The van der Waals surface area contributed by atoms with E-state index >= 15 is 0 Å². The van der Waals surface area contributed by atoms with E-state index in [0.29, 0.717) is 28.6 Å². The van der Waals surface area contributed by atoms with Gasteiger partial charge in [-0.05, 0) is 38.1 Å². The third-order valence-corrected chi connectivity index (χ3v) is 6.14. The fourth-order valence-corrected chi connectivity index (χ4v) is 4.32. The molecule has 0 unspecified atom stereocenters. The topological polar surface area (TPSA) is 109 Å². The minimum Gasteiger partial charge on any atom is -0.489 e. The van der Waals surface area contributed by atoms with Gasteiger partial charge in [-0.3, -0.25) is 0 Å². The summed E-state index contributed by atoms with van der Waals surface area (Å²) in [6.45, 7) is 7.20. The molecule has 1 N–H and O–H groups in total. The molecule has 184 valence electrons. The van der Waals surface area contributed by atoms with E-state index in [1.54, 1.807) is 37.0 Å². The van der Waals surface area contributed by atoms with Gasteiger partial charge in [-0.1, -0.05) is 13.0 Å². The minimum absolute atomic E-state index is 0.0237. The predicted octanol–water partition coefficient (Wildman–Crippen LogP) is 3.72.